The molecule has 1 amide bonds. The van der Waals surface area contributed by atoms with E-state index in [0.717, 1.165) is 17.5 Å². The van der Waals surface area contributed by atoms with Gasteiger partial charge in [-0.2, -0.15) is 0 Å². The number of aromatic nitrogens is 1. The van der Waals surface area contributed by atoms with Gasteiger partial charge in [0.2, 0.25) is 0 Å². The first-order valence-corrected chi connectivity index (χ1v) is 7.80. The van der Waals surface area contributed by atoms with Crippen LogP contribution in [0.4, 0.5) is 0 Å². The highest BCUT2D eigenvalue weighted by molar-refractivity contribution is 6.00. The average molecular weight is 309 g/mol. The minimum absolute atomic E-state index is 0.131. The summed E-state index contributed by atoms with van der Waals surface area (Å²) in [7, 11) is 0. The van der Waals surface area contributed by atoms with Gasteiger partial charge in [0.05, 0.1) is 0 Å². The van der Waals surface area contributed by atoms with Crippen molar-refractivity contribution in [2.45, 2.75) is 39.2 Å². The van der Waals surface area contributed by atoms with E-state index in [0.29, 0.717) is 17.7 Å². The van der Waals surface area contributed by atoms with E-state index in [9.17, 15) is 4.79 Å². The van der Waals surface area contributed by atoms with E-state index in [1.165, 1.54) is 0 Å². The number of aryl methyl sites for hydroxylation is 1. The van der Waals surface area contributed by atoms with Gasteiger partial charge in [0.25, 0.3) is 5.91 Å². The van der Waals surface area contributed by atoms with Gasteiger partial charge in [-0.1, -0.05) is 36.8 Å². The molecular formula is C19H23N3O. The van der Waals surface area contributed by atoms with Crippen molar-refractivity contribution in [3.8, 4) is 0 Å². The molecular weight excluding hydrogens is 286 g/mol. The van der Waals surface area contributed by atoms with Gasteiger partial charge in [-0.05, 0) is 38.0 Å². The number of benzene rings is 1. The maximum absolute atomic E-state index is 12.4. The summed E-state index contributed by atoms with van der Waals surface area (Å²) in [6.45, 7) is 6.02. The Kier molecular flexibility index (Phi) is 5.27. The van der Waals surface area contributed by atoms with Crippen molar-refractivity contribution in [3.63, 3.8) is 0 Å². The normalized spacial score (nSPS) is 13.2. The second-order valence-corrected chi connectivity index (χ2v) is 6.13. The van der Waals surface area contributed by atoms with Crippen LogP contribution in [-0.2, 0) is 0 Å². The van der Waals surface area contributed by atoms with Crippen molar-refractivity contribution in [2.75, 3.05) is 0 Å². The summed E-state index contributed by atoms with van der Waals surface area (Å²) in [6.07, 6.45) is 4.45. The highest BCUT2D eigenvalue weighted by atomic mass is 16.1. The molecule has 1 aromatic carbocycles. The molecule has 0 radical (unpaired) electrons. The van der Waals surface area contributed by atoms with E-state index in [-0.39, 0.29) is 5.91 Å². The van der Waals surface area contributed by atoms with Crippen LogP contribution in [0.3, 0.4) is 0 Å². The molecule has 0 fully saturated rings. The summed E-state index contributed by atoms with van der Waals surface area (Å²) in [5.74, 6) is -0.131. The topological polar surface area (TPSA) is 65.8 Å². The lowest BCUT2D eigenvalue weighted by atomic mass is 9.88. The molecule has 0 saturated carbocycles. The van der Waals surface area contributed by atoms with Gasteiger partial charge in [0.1, 0.15) is 0 Å². The number of carbonyl (C=O) groups excluding carboxylic acids is 1. The third-order valence-electron chi connectivity index (χ3n) is 4.07. The van der Waals surface area contributed by atoms with Gasteiger partial charge in [-0.15, -0.1) is 0 Å². The Hall–Kier alpha value is -2.49. The van der Waals surface area contributed by atoms with Crippen LogP contribution >= 0.6 is 0 Å². The van der Waals surface area contributed by atoms with Gasteiger partial charge >= 0.3 is 0 Å². The number of rotatable bonds is 6. The molecule has 4 heteroatoms. The smallest absolute Gasteiger partial charge is 0.251 e. The molecule has 0 saturated heterocycles. The molecule has 0 aliphatic heterocycles. The van der Waals surface area contributed by atoms with Gasteiger partial charge < -0.3 is 10.7 Å². The van der Waals surface area contributed by atoms with E-state index in [2.05, 4.69) is 10.3 Å². The maximum Gasteiger partial charge on any atom is 0.251 e. The Morgan fingerprint density at radius 3 is 2.52 bits per heavy atom. The zero-order valence-electron chi connectivity index (χ0n) is 13.9. The van der Waals surface area contributed by atoms with Crippen molar-refractivity contribution < 1.29 is 4.79 Å². The van der Waals surface area contributed by atoms with E-state index in [1.54, 1.807) is 24.5 Å². The van der Waals surface area contributed by atoms with Crippen LogP contribution in [0.5, 0.6) is 0 Å². The summed E-state index contributed by atoms with van der Waals surface area (Å²) >= 11 is 0. The number of hydrogen-bond donors (Lipinski definition) is 2. The van der Waals surface area contributed by atoms with Crippen molar-refractivity contribution in [1.82, 2.24) is 10.3 Å². The van der Waals surface area contributed by atoms with Gasteiger partial charge in [0.15, 0.2) is 0 Å². The first kappa shape index (κ1) is 16.9. The molecule has 2 N–H and O–H groups in total. The van der Waals surface area contributed by atoms with Crippen LogP contribution in [0.15, 0.2) is 48.8 Å². The lowest BCUT2D eigenvalue weighted by Gasteiger charge is -2.30. The van der Waals surface area contributed by atoms with Gasteiger partial charge in [0, 0.05) is 35.6 Å². The quantitative estimate of drug-likeness (QED) is 0.798. The number of nitrogens with one attached hydrogen (secondary N) is 2. The highest BCUT2D eigenvalue weighted by Crippen LogP contribution is 2.19. The van der Waals surface area contributed by atoms with E-state index in [1.807, 2.05) is 45.0 Å². The maximum atomic E-state index is 12.4. The van der Waals surface area contributed by atoms with Crippen LogP contribution in [0.2, 0.25) is 0 Å². The molecule has 2 aromatic rings. The number of amides is 1. The lowest BCUT2D eigenvalue weighted by molar-refractivity contribution is 0.0906. The summed E-state index contributed by atoms with van der Waals surface area (Å²) in [5, 5.41) is 11.4. The lowest BCUT2D eigenvalue weighted by Crippen LogP contribution is -2.47. The van der Waals surface area contributed by atoms with E-state index in [4.69, 9.17) is 5.41 Å². The molecule has 1 heterocycles. The predicted octanol–water partition coefficient (Wildman–Crippen LogP) is 3.75. The highest BCUT2D eigenvalue weighted by Gasteiger charge is 2.27. The molecule has 0 bridgehead atoms. The fourth-order valence-corrected chi connectivity index (χ4v) is 2.43. The SMILES string of the molecule is CCC(C)(CC(=N)c1cccc(C)c1)NC(=O)c1ccncc1. The zero-order chi connectivity index (χ0) is 16.9. The molecule has 120 valence electrons. The second-order valence-electron chi connectivity index (χ2n) is 6.13. The standard InChI is InChI=1S/C19H23N3O/c1-4-19(3,22-18(23)15-8-10-21-11-9-15)13-17(20)16-7-5-6-14(2)12-16/h5-12,20H,4,13H2,1-3H3,(H,22,23). The fourth-order valence-electron chi connectivity index (χ4n) is 2.43. The van der Waals surface area contributed by atoms with Gasteiger partial charge in [-0.25, -0.2) is 0 Å². The average Bonchev–Trinajstić information content (AvgIpc) is 2.55. The van der Waals surface area contributed by atoms with Crippen LogP contribution < -0.4 is 5.32 Å². The van der Waals surface area contributed by atoms with Crippen LogP contribution in [0, 0.1) is 12.3 Å². The van der Waals surface area contributed by atoms with Crippen LogP contribution in [0.1, 0.15) is 48.2 Å². The number of carbonyl (C=O) groups is 1. The predicted molar refractivity (Wildman–Crippen MR) is 93.0 cm³/mol. The Labute approximate surface area is 137 Å². The van der Waals surface area contributed by atoms with Crippen molar-refractivity contribution in [2.24, 2.45) is 0 Å². The fraction of sp³-hybridized carbons (Fsp3) is 0.316. The molecule has 1 unspecified atom stereocenters. The van der Waals surface area contributed by atoms with Crippen molar-refractivity contribution in [1.29, 1.82) is 5.41 Å². The molecule has 23 heavy (non-hydrogen) atoms. The Morgan fingerprint density at radius 2 is 1.91 bits per heavy atom. The van der Waals surface area contributed by atoms with E-state index < -0.39 is 5.54 Å². The largest absolute Gasteiger partial charge is 0.346 e. The van der Waals surface area contributed by atoms with Crippen LogP contribution in [0.25, 0.3) is 0 Å². The molecule has 0 spiro atoms. The molecule has 4 nitrogen and oxygen atoms in total. The second kappa shape index (κ2) is 7.18. The molecule has 0 aliphatic carbocycles. The molecule has 0 aliphatic rings. The number of nitrogens with zero attached hydrogens (tertiary/aromatic N) is 1. The summed E-state index contributed by atoms with van der Waals surface area (Å²) in [6, 6.07) is 11.3. The summed E-state index contributed by atoms with van der Waals surface area (Å²) in [5.41, 5.74) is 2.70. The molecule has 1 atom stereocenters. The Bertz CT molecular complexity index is 697. The Morgan fingerprint density at radius 1 is 1.22 bits per heavy atom. The van der Waals surface area contributed by atoms with Crippen molar-refractivity contribution in [3.05, 3.63) is 65.5 Å². The number of hydrogen-bond acceptors (Lipinski definition) is 3. The first-order chi connectivity index (χ1) is 10.9. The third-order valence-corrected chi connectivity index (χ3v) is 4.07. The van der Waals surface area contributed by atoms with Crippen LogP contribution in [-0.4, -0.2) is 22.1 Å². The third kappa shape index (κ3) is 4.49. The minimum atomic E-state index is -0.457. The van der Waals surface area contributed by atoms with Crippen molar-refractivity contribution >= 4 is 11.6 Å². The summed E-state index contributed by atoms with van der Waals surface area (Å²) in [4.78, 5) is 16.3. The Balaban J connectivity index is 2.11. The van der Waals surface area contributed by atoms with Gasteiger partial charge in [-0.3, -0.25) is 9.78 Å². The number of pyridine rings is 1. The monoisotopic (exact) mass is 309 g/mol. The van der Waals surface area contributed by atoms with E-state index >= 15 is 0 Å². The molecule has 2 rings (SSSR count). The minimum Gasteiger partial charge on any atom is -0.346 e. The first-order valence-electron chi connectivity index (χ1n) is 7.80. The molecule has 1 aromatic heterocycles. The zero-order valence-corrected chi connectivity index (χ0v) is 13.9. The summed E-state index contributed by atoms with van der Waals surface area (Å²) < 4.78 is 0.